The Kier molecular flexibility index (Phi) is 3.33. The molecule has 4 rings (SSSR count). The highest BCUT2D eigenvalue weighted by atomic mass is 16.4. The molecule has 0 unspecified atom stereocenters. The molecule has 4 nitrogen and oxygen atoms in total. The number of rotatable bonds is 4. The van der Waals surface area contributed by atoms with E-state index in [0.29, 0.717) is 5.92 Å². The van der Waals surface area contributed by atoms with Crippen LogP contribution >= 0.6 is 0 Å². The van der Waals surface area contributed by atoms with E-state index in [4.69, 9.17) is 5.11 Å². The van der Waals surface area contributed by atoms with Crippen molar-refractivity contribution in [3.63, 3.8) is 0 Å². The van der Waals surface area contributed by atoms with Crippen molar-refractivity contribution in [1.29, 1.82) is 0 Å². The van der Waals surface area contributed by atoms with Crippen LogP contribution in [0.1, 0.15) is 32.1 Å². The van der Waals surface area contributed by atoms with Crippen LogP contribution in [0, 0.1) is 29.6 Å². The highest BCUT2D eigenvalue weighted by Crippen LogP contribution is 2.56. The first-order valence-corrected chi connectivity index (χ1v) is 7.30. The average Bonchev–Trinajstić information content (AvgIpc) is 2.34. The van der Waals surface area contributed by atoms with Gasteiger partial charge >= 0.3 is 5.97 Å². The van der Waals surface area contributed by atoms with Crippen LogP contribution in [0.4, 0.5) is 0 Å². The maximum atomic E-state index is 11.5. The van der Waals surface area contributed by atoms with E-state index >= 15 is 0 Å². The van der Waals surface area contributed by atoms with Gasteiger partial charge in [-0.2, -0.15) is 0 Å². The molecule has 104 valence electrons. The van der Waals surface area contributed by atoms with Gasteiger partial charge in [0.2, 0.25) is 5.91 Å². The Hall–Kier alpha value is -1.32. The number of hydrogen-bond donors (Lipinski definition) is 2. The summed E-state index contributed by atoms with van der Waals surface area (Å²) in [6.45, 7) is 0.720. The zero-order chi connectivity index (χ0) is 13.4. The van der Waals surface area contributed by atoms with Gasteiger partial charge < -0.3 is 10.4 Å². The molecule has 0 aromatic heterocycles. The molecule has 0 saturated heterocycles. The molecule has 19 heavy (non-hydrogen) atoms. The molecule has 4 saturated carbocycles. The number of hydrogen-bond acceptors (Lipinski definition) is 2. The van der Waals surface area contributed by atoms with Gasteiger partial charge in [0.15, 0.2) is 0 Å². The summed E-state index contributed by atoms with van der Waals surface area (Å²) in [5, 5.41) is 11.4. The molecule has 0 aromatic rings. The highest BCUT2D eigenvalue weighted by molar-refractivity contribution is 5.93. The second-order valence-electron chi connectivity index (χ2n) is 6.51. The Bertz CT molecular complexity index is 388. The normalized spacial score (nSPS) is 39.7. The number of carbonyl (C=O) groups excluding carboxylic acids is 1. The van der Waals surface area contributed by atoms with E-state index in [-0.39, 0.29) is 5.91 Å². The molecule has 0 radical (unpaired) electrons. The van der Waals surface area contributed by atoms with E-state index in [2.05, 4.69) is 5.32 Å². The molecule has 4 bridgehead atoms. The minimum Gasteiger partial charge on any atom is -0.478 e. The summed E-state index contributed by atoms with van der Waals surface area (Å²) in [6, 6.07) is 0. The number of carboxylic acids is 1. The van der Waals surface area contributed by atoms with Crippen molar-refractivity contribution in [3.05, 3.63) is 12.2 Å². The van der Waals surface area contributed by atoms with Gasteiger partial charge in [0, 0.05) is 18.7 Å². The van der Waals surface area contributed by atoms with Gasteiger partial charge in [0.05, 0.1) is 0 Å². The molecule has 1 amide bonds. The van der Waals surface area contributed by atoms with E-state index in [1.165, 1.54) is 32.1 Å². The molecule has 0 spiro atoms. The molecule has 4 fully saturated rings. The van der Waals surface area contributed by atoms with Gasteiger partial charge in [-0.05, 0) is 61.7 Å². The van der Waals surface area contributed by atoms with Gasteiger partial charge in [-0.15, -0.1) is 0 Å². The summed E-state index contributed by atoms with van der Waals surface area (Å²) in [5.74, 6) is 2.73. The number of aliphatic carboxylic acids is 1. The first-order valence-electron chi connectivity index (χ1n) is 7.30. The van der Waals surface area contributed by atoms with Crippen molar-refractivity contribution in [1.82, 2.24) is 5.32 Å². The third kappa shape index (κ3) is 2.67. The van der Waals surface area contributed by atoms with E-state index in [0.717, 1.165) is 42.4 Å². The fraction of sp³-hybridized carbons (Fsp3) is 0.733. The molecule has 4 heteroatoms. The van der Waals surface area contributed by atoms with Crippen LogP contribution < -0.4 is 5.32 Å². The van der Waals surface area contributed by atoms with Crippen LogP contribution in [-0.2, 0) is 9.59 Å². The summed E-state index contributed by atoms with van der Waals surface area (Å²) in [6.07, 6.45) is 8.83. The molecule has 4 aliphatic carbocycles. The summed E-state index contributed by atoms with van der Waals surface area (Å²) < 4.78 is 0. The van der Waals surface area contributed by atoms with Crippen molar-refractivity contribution in [2.45, 2.75) is 32.1 Å². The second kappa shape index (κ2) is 4.99. The van der Waals surface area contributed by atoms with E-state index in [1.54, 1.807) is 0 Å². The fourth-order valence-electron chi connectivity index (χ4n) is 4.80. The Morgan fingerprint density at radius 1 is 1.00 bits per heavy atom. The Morgan fingerprint density at radius 3 is 2.11 bits per heavy atom. The van der Waals surface area contributed by atoms with Crippen LogP contribution in [-0.4, -0.2) is 23.5 Å². The predicted octanol–water partition coefficient (Wildman–Crippen LogP) is 1.82. The van der Waals surface area contributed by atoms with Crippen molar-refractivity contribution in [2.75, 3.05) is 6.54 Å². The molecule has 4 aliphatic rings. The first-order chi connectivity index (χ1) is 9.11. The smallest absolute Gasteiger partial charge is 0.328 e. The van der Waals surface area contributed by atoms with Gasteiger partial charge in [-0.25, -0.2) is 4.79 Å². The van der Waals surface area contributed by atoms with Gasteiger partial charge in [-0.3, -0.25) is 4.79 Å². The fourth-order valence-corrected chi connectivity index (χ4v) is 4.80. The minimum absolute atomic E-state index is 0.281. The molecule has 2 N–H and O–H groups in total. The SMILES string of the molecule is O=C(O)/C=C/C(=O)NCC1C2CC3CC(C2)CC1C3. The topological polar surface area (TPSA) is 66.4 Å². The third-order valence-corrected chi connectivity index (χ3v) is 5.31. The predicted molar refractivity (Wildman–Crippen MR) is 70.3 cm³/mol. The quantitative estimate of drug-likeness (QED) is 0.760. The zero-order valence-electron chi connectivity index (χ0n) is 11.0. The zero-order valence-corrected chi connectivity index (χ0v) is 11.0. The van der Waals surface area contributed by atoms with Crippen molar-refractivity contribution >= 4 is 11.9 Å². The molecule has 0 aromatic carbocycles. The van der Waals surface area contributed by atoms with E-state index < -0.39 is 5.97 Å². The lowest BCUT2D eigenvalue weighted by molar-refractivity contribution is -0.131. The minimum atomic E-state index is -1.08. The summed E-state index contributed by atoms with van der Waals surface area (Å²) in [5.41, 5.74) is 0. The van der Waals surface area contributed by atoms with Crippen molar-refractivity contribution < 1.29 is 14.7 Å². The van der Waals surface area contributed by atoms with Gasteiger partial charge in [-0.1, -0.05) is 0 Å². The Morgan fingerprint density at radius 2 is 1.58 bits per heavy atom. The number of amides is 1. The average molecular weight is 263 g/mol. The number of carbonyl (C=O) groups is 2. The Labute approximate surface area is 113 Å². The molecule has 0 heterocycles. The monoisotopic (exact) mass is 263 g/mol. The Balaban J connectivity index is 1.53. The third-order valence-electron chi connectivity index (χ3n) is 5.31. The standard InChI is InChI=1S/C15H21NO3/c17-14(1-2-15(18)19)16-8-13-11-4-9-3-10(6-11)7-12(13)5-9/h1-2,9-13H,3-8H2,(H,16,17)(H,18,19)/b2-1+. The molecular weight excluding hydrogens is 242 g/mol. The summed E-state index contributed by atoms with van der Waals surface area (Å²) in [7, 11) is 0. The molecule has 0 aliphatic heterocycles. The lowest BCUT2D eigenvalue weighted by atomic mass is 9.52. The summed E-state index contributed by atoms with van der Waals surface area (Å²) in [4.78, 5) is 21.9. The van der Waals surface area contributed by atoms with Gasteiger partial charge in [0.1, 0.15) is 0 Å². The van der Waals surface area contributed by atoms with Crippen LogP contribution in [0.25, 0.3) is 0 Å². The first kappa shape index (κ1) is 12.7. The summed E-state index contributed by atoms with van der Waals surface area (Å²) >= 11 is 0. The van der Waals surface area contributed by atoms with E-state index in [1.807, 2.05) is 0 Å². The van der Waals surface area contributed by atoms with Gasteiger partial charge in [0.25, 0.3) is 0 Å². The molecule has 0 atom stereocenters. The lowest BCUT2D eigenvalue weighted by Gasteiger charge is -2.54. The highest BCUT2D eigenvalue weighted by Gasteiger charge is 2.47. The van der Waals surface area contributed by atoms with E-state index in [9.17, 15) is 9.59 Å². The maximum absolute atomic E-state index is 11.5. The van der Waals surface area contributed by atoms with Crippen LogP contribution in [0.2, 0.25) is 0 Å². The number of nitrogens with one attached hydrogen (secondary N) is 1. The van der Waals surface area contributed by atoms with Crippen LogP contribution in [0.3, 0.4) is 0 Å². The van der Waals surface area contributed by atoms with Crippen LogP contribution in [0.15, 0.2) is 12.2 Å². The van der Waals surface area contributed by atoms with Crippen molar-refractivity contribution in [2.24, 2.45) is 29.6 Å². The van der Waals surface area contributed by atoms with Crippen molar-refractivity contribution in [3.8, 4) is 0 Å². The number of carboxylic acid groups (broad SMARTS) is 1. The van der Waals surface area contributed by atoms with Crippen LogP contribution in [0.5, 0.6) is 0 Å². The molecular formula is C15H21NO3. The second-order valence-corrected chi connectivity index (χ2v) is 6.51. The largest absolute Gasteiger partial charge is 0.478 e. The lowest BCUT2D eigenvalue weighted by Crippen LogP contribution is -2.48. The maximum Gasteiger partial charge on any atom is 0.328 e.